The fourth-order valence-corrected chi connectivity index (χ4v) is 4.04. The minimum Gasteiger partial charge on any atom is -0.362 e. The van der Waals surface area contributed by atoms with Crippen LogP contribution in [-0.2, 0) is 17.5 Å². The molecule has 1 heterocycles. The third-order valence-electron chi connectivity index (χ3n) is 5.13. The van der Waals surface area contributed by atoms with Crippen LogP contribution < -0.4 is 4.90 Å². The Bertz CT molecular complexity index is 1000. The van der Waals surface area contributed by atoms with Crippen LogP contribution >= 0.6 is 23.2 Å². The maximum atomic E-state index is 13.6. The summed E-state index contributed by atoms with van der Waals surface area (Å²) in [6.45, 7) is 2.63. The molecule has 1 fully saturated rings. The number of halogens is 5. The van der Waals surface area contributed by atoms with Crippen LogP contribution in [0.25, 0.3) is 0 Å². The molecule has 2 aromatic rings. The smallest absolute Gasteiger partial charge is 0.362 e. The summed E-state index contributed by atoms with van der Waals surface area (Å²) in [5, 5.41) is 9.50. The first kappa shape index (κ1) is 22.3. The summed E-state index contributed by atoms with van der Waals surface area (Å²) in [6, 6.07) is 9.75. The van der Waals surface area contributed by atoms with E-state index in [1.165, 1.54) is 24.3 Å². The van der Waals surface area contributed by atoms with Gasteiger partial charge in [-0.1, -0.05) is 23.2 Å². The largest absolute Gasteiger partial charge is 0.416 e. The average molecular weight is 456 g/mol. The van der Waals surface area contributed by atoms with Crippen LogP contribution in [0.15, 0.2) is 36.4 Å². The highest BCUT2D eigenvalue weighted by Gasteiger charge is 2.37. The SMILES string of the molecule is CCN1C[C@@H](N(Cc2cc(Cl)ccc2C(F)(F)F)c2ccc(C#N)c(Cl)c2)CC1=O. The van der Waals surface area contributed by atoms with Gasteiger partial charge >= 0.3 is 6.18 Å². The molecule has 1 saturated heterocycles. The van der Waals surface area contributed by atoms with Gasteiger partial charge in [0.1, 0.15) is 6.07 Å². The number of carbonyl (C=O) groups excluding carboxylic acids is 1. The van der Waals surface area contributed by atoms with Gasteiger partial charge in [-0.2, -0.15) is 18.4 Å². The molecule has 3 rings (SSSR count). The second-order valence-corrected chi connectivity index (χ2v) is 7.84. The molecule has 0 saturated carbocycles. The second-order valence-electron chi connectivity index (χ2n) is 6.99. The molecular weight excluding hydrogens is 438 g/mol. The van der Waals surface area contributed by atoms with Crippen LogP contribution in [0.2, 0.25) is 10.0 Å². The van der Waals surface area contributed by atoms with Gasteiger partial charge in [0.15, 0.2) is 0 Å². The van der Waals surface area contributed by atoms with Gasteiger partial charge in [-0.3, -0.25) is 4.79 Å². The van der Waals surface area contributed by atoms with Crippen molar-refractivity contribution in [3.8, 4) is 6.07 Å². The zero-order valence-electron chi connectivity index (χ0n) is 16.0. The van der Waals surface area contributed by atoms with Gasteiger partial charge in [-0.15, -0.1) is 0 Å². The Kier molecular flexibility index (Phi) is 6.49. The number of rotatable bonds is 5. The molecule has 0 unspecified atom stereocenters. The van der Waals surface area contributed by atoms with E-state index in [0.29, 0.717) is 18.8 Å². The normalized spacial score (nSPS) is 16.6. The molecule has 0 aliphatic carbocycles. The number of likely N-dealkylation sites (N-methyl/N-ethyl adjacent to an activating group) is 1. The summed E-state index contributed by atoms with van der Waals surface area (Å²) in [4.78, 5) is 15.7. The lowest BCUT2D eigenvalue weighted by atomic mass is 10.0. The topological polar surface area (TPSA) is 47.3 Å². The molecule has 0 bridgehead atoms. The molecule has 0 spiro atoms. The number of alkyl halides is 3. The van der Waals surface area contributed by atoms with Crippen molar-refractivity contribution < 1.29 is 18.0 Å². The monoisotopic (exact) mass is 455 g/mol. The fourth-order valence-electron chi connectivity index (χ4n) is 3.62. The van der Waals surface area contributed by atoms with E-state index in [2.05, 4.69) is 0 Å². The van der Waals surface area contributed by atoms with Gasteiger partial charge in [-0.05, 0) is 48.9 Å². The lowest BCUT2D eigenvalue weighted by Gasteiger charge is -2.32. The van der Waals surface area contributed by atoms with E-state index >= 15 is 0 Å². The summed E-state index contributed by atoms with van der Waals surface area (Å²) < 4.78 is 40.7. The van der Waals surface area contributed by atoms with Crippen molar-refractivity contribution in [2.75, 3.05) is 18.0 Å². The Labute approximate surface area is 182 Å². The Morgan fingerprint density at radius 3 is 2.53 bits per heavy atom. The summed E-state index contributed by atoms with van der Waals surface area (Å²) in [7, 11) is 0. The highest BCUT2D eigenvalue weighted by molar-refractivity contribution is 6.32. The van der Waals surface area contributed by atoms with Crippen LogP contribution in [0.3, 0.4) is 0 Å². The summed E-state index contributed by atoms with van der Waals surface area (Å²) in [6.07, 6.45) is -4.37. The molecule has 9 heteroatoms. The van der Waals surface area contributed by atoms with Crippen molar-refractivity contribution in [2.24, 2.45) is 0 Å². The second kappa shape index (κ2) is 8.75. The molecule has 1 aliphatic rings. The van der Waals surface area contributed by atoms with Crippen molar-refractivity contribution in [2.45, 2.75) is 32.1 Å². The summed E-state index contributed by atoms with van der Waals surface area (Å²) in [5.41, 5.74) is 0.00540. The van der Waals surface area contributed by atoms with Crippen molar-refractivity contribution >= 4 is 34.8 Å². The predicted molar refractivity (Wildman–Crippen MR) is 109 cm³/mol. The maximum absolute atomic E-state index is 13.6. The third-order valence-corrected chi connectivity index (χ3v) is 5.68. The van der Waals surface area contributed by atoms with Gasteiger partial charge in [0.2, 0.25) is 5.91 Å². The average Bonchev–Trinajstić information content (AvgIpc) is 3.05. The van der Waals surface area contributed by atoms with Crippen LogP contribution in [0.4, 0.5) is 18.9 Å². The molecule has 1 aliphatic heterocycles. The van der Waals surface area contributed by atoms with Crippen LogP contribution in [0.1, 0.15) is 30.0 Å². The van der Waals surface area contributed by atoms with E-state index < -0.39 is 11.7 Å². The van der Waals surface area contributed by atoms with Gasteiger partial charge in [0.25, 0.3) is 0 Å². The first-order valence-corrected chi connectivity index (χ1v) is 9.99. The van der Waals surface area contributed by atoms with Crippen molar-refractivity contribution in [3.05, 3.63) is 63.1 Å². The third kappa shape index (κ3) is 4.66. The predicted octanol–water partition coefficient (Wildman–Crippen LogP) is 5.51. The first-order chi connectivity index (χ1) is 14.1. The highest BCUT2D eigenvalue weighted by atomic mass is 35.5. The number of anilines is 1. The van der Waals surface area contributed by atoms with E-state index in [1.807, 2.05) is 13.0 Å². The quantitative estimate of drug-likeness (QED) is 0.596. The van der Waals surface area contributed by atoms with Gasteiger partial charge in [0, 0.05) is 36.8 Å². The number of benzene rings is 2. The van der Waals surface area contributed by atoms with Crippen LogP contribution in [-0.4, -0.2) is 29.9 Å². The summed E-state index contributed by atoms with van der Waals surface area (Å²) >= 11 is 12.2. The molecule has 1 atom stereocenters. The van der Waals surface area contributed by atoms with E-state index in [9.17, 15) is 18.0 Å². The van der Waals surface area contributed by atoms with Crippen molar-refractivity contribution in [1.29, 1.82) is 5.26 Å². The van der Waals surface area contributed by atoms with Gasteiger partial charge < -0.3 is 9.80 Å². The number of nitrogens with zero attached hydrogens (tertiary/aromatic N) is 3. The zero-order valence-corrected chi connectivity index (χ0v) is 17.5. The number of hydrogen-bond acceptors (Lipinski definition) is 3. The molecule has 0 N–H and O–H groups in total. The number of carbonyl (C=O) groups is 1. The van der Waals surface area contributed by atoms with E-state index in [0.717, 1.165) is 6.07 Å². The number of hydrogen-bond donors (Lipinski definition) is 0. The fraction of sp³-hybridized carbons (Fsp3) is 0.333. The molecule has 0 aromatic heterocycles. The Hall–Kier alpha value is -2.43. The number of nitriles is 1. The molecule has 2 aromatic carbocycles. The summed E-state index contributed by atoms with van der Waals surface area (Å²) in [5.74, 6) is -0.0608. The zero-order chi connectivity index (χ0) is 22.1. The van der Waals surface area contributed by atoms with E-state index in [-0.39, 0.29) is 46.1 Å². The molecule has 158 valence electrons. The molecule has 0 radical (unpaired) electrons. The molecule has 4 nitrogen and oxygen atoms in total. The Morgan fingerprint density at radius 2 is 1.97 bits per heavy atom. The standard InChI is InChI=1S/C21H18Cl2F3N3O/c1-2-28-12-17(9-20(28)30)29(16-5-3-13(10-27)19(23)8-16)11-14-7-15(22)4-6-18(14)21(24,25)26/h3-8,17H,2,9,11-12H2,1H3/t17-/m0/s1. The van der Waals surface area contributed by atoms with Gasteiger partial charge in [0.05, 0.1) is 22.2 Å². The highest BCUT2D eigenvalue weighted by Crippen LogP contribution is 2.36. The lowest BCUT2D eigenvalue weighted by molar-refractivity contribution is -0.138. The van der Waals surface area contributed by atoms with E-state index in [4.69, 9.17) is 28.5 Å². The minimum absolute atomic E-state index is 0.00196. The number of amides is 1. The van der Waals surface area contributed by atoms with Crippen LogP contribution in [0, 0.1) is 11.3 Å². The van der Waals surface area contributed by atoms with Crippen LogP contribution in [0.5, 0.6) is 0 Å². The lowest BCUT2D eigenvalue weighted by Crippen LogP contribution is -2.37. The Morgan fingerprint density at radius 1 is 1.23 bits per heavy atom. The van der Waals surface area contributed by atoms with Gasteiger partial charge in [-0.25, -0.2) is 0 Å². The maximum Gasteiger partial charge on any atom is 0.416 e. The molecule has 1 amide bonds. The molecule has 30 heavy (non-hydrogen) atoms. The molecular formula is C21H18Cl2F3N3O. The Balaban J connectivity index is 2.06. The van der Waals surface area contributed by atoms with Crippen molar-refractivity contribution in [1.82, 2.24) is 4.90 Å². The number of likely N-dealkylation sites (tertiary alicyclic amines) is 1. The minimum atomic E-state index is -4.55. The van der Waals surface area contributed by atoms with E-state index in [1.54, 1.807) is 15.9 Å². The first-order valence-electron chi connectivity index (χ1n) is 9.23. The van der Waals surface area contributed by atoms with Crippen molar-refractivity contribution in [3.63, 3.8) is 0 Å².